The predicted molar refractivity (Wildman–Crippen MR) is 86.0 cm³/mol. The largest absolute Gasteiger partial charge is 0.308 e. The number of aryl methyl sites for hydroxylation is 4. The van der Waals surface area contributed by atoms with Crippen molar-refractivity contribution in [1.82, 2.24) is 0 Å². The summed E-state index contributed by atoms with van der Waals surface area (Å²) in [5.41, 5.74) is 10.7. The molecule has 2 aromatic carbocycles. The summed E-state index contributed by atoms with van der Waals surface area (Å²) >= 11 is 0. The van der Waals surface area contributed by atoms with Crippen molar-refractivity contribution in [2.24, 2.45) is 0 Å². The SMILES string of the molecule is Cc1cc(C)c(-c2cc(C=N)cc3c2CCC3)c(C)c1. The van der Waals surface area contributed by atoms with E-state index in [0.29, 0.717) is 0 Å². The molecule has 102 valence electrons. The molecule has 0 spiro atoms. The van der Waals surface area contributed by atoms with Crippen LogP contribution in [0.15, 0.2) is 24.3 Å². The molecule has 1 N–H and O–H groups in total. The predicted octanol–water partition coefficient (Wildman–Crippen LogP) is 4.77. The summed E-state index contributed by atoms with van der Waals surface area (Å²) in [4.78, 5) is 0. The molecule has 1 aliphatic rings. The first-order valence-electron chi connectivity index (χ1n) is 7.34. The van der Waals surface area contributed by atoms with Gasteiger partial charge in [0.1, 0.15) is 0 Å². The second-order valence-electron chi connectivity index (χ2n) is 5.98. The molecule has 3 rings (SSSR count). The van der Waals surface area contributed by atoms with Crippen LogP contribution in [0.4, 0.5) is 0 Å². The van der Waals surface area contributed by atoms with E-state index in [1.165, 1.54) is 58.0 Å². The van der Waals surface area contributed by atoms with Gasteiger partial charge in [0.05, 0.1) is 0 Å². The standard InChI is InChI=1S/C19H21N/c1-12-7-13(2)19(14(3)8-12)18-10-15(11-20)9-16-5-4-6-17(16)18/h7-11,20H,4-6H2,1-3H3. The van der Waals surface area contributed by atoms with Crippen molar-refractivity contribution in [3.63, 3.8) is 0 Å². The van der Waals surface area contributed by atoms with Crippen LogP contribution >= 0.6 is 0 Å². The second kappa shape index (κ2) is 4.90. The highest BCUT2D eigenvalue weighted by atomic mass is 14.3. The Hall–Kier alpha value is -1.89. The third kappa shape index (κ3) is 2.07. The molecular weight excluding hydrogens is 242 g/mol. The number of fused-ring (bicyclic) bond motifs is 1. The fourth-order valence-electron chi connectivity index (χ4n) is 3.64. The summed E-state index contributed by atoms with van der Waals surface area (Å²) in [5, 5.41) is 7.58. The van der Waals surface area contributed by atoms with Crippen molar-refractivity contribution in [3.8, 4) is 11.1 Å². The third-order valence-electron chi connectivity index (χ3n) is 4.35. The van der Waals surface area contributed by atoms with E-state index in [9.17, 15) is 0 Å². The lowest BCUT2D eigenvalue weighted by molar-refractivity contribution is 0.912. The van der Waals surface area contributed by atoms with Crippen molar-refractivity contribution < 1.29 is 0 Å². The number of benzene rings is 2. The topological polar surface area (TPSA) is 23.9 Å². The Morgan fingerprint density at radius 3 is 2.30 bits per heavy atom. The average Bonchev–Trinajstić information content (AvgIpc) is 2.85. The Labute approximate surface area is 121 Å². The molecule has 0 amide bonds. The van der Waals surface area contributed by atoms with E-state index in [2.05, 4.69) is 45.0 Å². The molecule has 20 heavy (non-hydrogen) atoms. The molecule has 0 saturated heterocycles. The fraction of sp³-hybridized carbons (Fsp3) is 0.316. The highest BCUT2D eigenvalue weighted by Gasteiger charge is 2.19. The number of hydrogen-bond donors (Lipinski definition) is 1. The first-order chi connectivity index (χ1) is 9.60. The average molecular weight is 263 g/mol. The first-order valence-corrected chi connectivity index (χ1v) is 7.34. The molecule has 0 fully saturated rings. The van der Waals surface area contributed by atoms with Crippen LogP contribution in [-0.4, -0.2) is 6.21 Å². The van der Waals surface area contributed by atoms with Crippen LogP contribution in [0.2, 0.25) is 0 Å². The minimum atomic E-state index is 1.03. The number of nitrogens with one attached hydrogen (secondary N) is 1. The van der Waals surface area contributed by atoms with Gasteiger partial charge in [0, 0.05) is 6.21 Å². The van der Waals surface area contributed by atoms with Crippen LogP contribution in [0, 0.1) is 26.2 Å². The van der Waals surface area contributed by atoms with Gasteiger partial charge in [0.2, 0.25) is 0 Å². The Bertz CT molecular complexity index is 672. The smallest absolute Gasteiger partial charge is 0.0250 e. The van der Waals surface area contributed by atoms with Gasteiger partial charge in [0.15, 0.2) is 0 Å². The van der Waals surface area contributed by atoms with Crippen molar-refractivity contribution in [2.75, 3.05) is 0 Å². The zero-order valence-corrected chi connectivity index (χ0v) is 12.5. The van der Waals surface area contributed by atoms with E-state index < -0.39 is 0 Å². The Morgan fingerprint density at radius 2 is 1.65 bits per heavy atom. The van der Waals surface area contributed by atoms with Crippen molar-refractivity contribution in [2.45, 2.75) is 40.0 Å². The molecule has 0 bridgehead atoms. The van der Waals surface area contributed by atoms with E-state index in [1.54, 1.807) is 0 Å². The van der Waals surface area contributed by atoms with E-state index in [4.69, 9.17) is 5.41 Å². The molecule has 0 aliphatic heterocycles. The number of hydrogen-bond acceptors (Lipinski definition) is 1. The van der Waals surface area contributed by atoms with Crippen molar-refractivity contribution >= 4 is 6.21 Å². The second-order valence-corrected chi connectivity index (χ2v) is 5.98. The Kier molecular flexibility index (Phi) is 3.21. The van der Waals surface area contributed by atoms with Gasteiger partial charge in [-0.05, 0) is 91.1 Å². The molecule has 1 heteroatoms. The normalized spacial score (nSPS) is 13.3. The van der Waals surface area contributed by atoms with Gasteiger partial charge in [-0.2, -0.15) is 0 Å². The zero-order chi connectivity index (χ0) is 14.3. The maximum absolute atomic E-state index is 7.58. The maximum atomic E-state index is 7.58. The molecule has 0 saturated carbocycles. The zero-order valence-electron chi connectivity index (χ0n) is 12.5. The molecular formula is C19H21N. The molecule has 0 radical (unpaired) electrons. The minimum Gasteiger partial charge on any atom is -0.308 e. The highest BCUT2D eigenvalue weighted by molar-refractivity contribution is 5.84. The summed E-state index contributed by atoms with van der Waals surface area (Å²) < 4.78 is 0. The van der Waals surface area contributed by atoms with Gasteiger partial charge in [-0.25, -0.2) is 0 Å². The van der Waals surface area contributed by atoms with E-state index in [1.807, 2.05) is 0 Å². The third-order valence-corrected chi connectivity index (χ3v) is 4.35. The van der Waals surface area contributed by atoms with Crippen LogP contribution in [0.3, 0.4) is 0 Å². The molecule has 0 atom stereocenters. The summed E-state index contributed by atoms with van der Waals surface area (Å²) in [6, 6.07) is 8.92. The summed E-state index contributed by atoms with van der Waals surface area (Å²) in [6.07, 6.45) is 5.05. The summed E-state index contributed by atoms with van der Waals surface area (Å²) in [7, 11) is 0. The van der Waals surface area contributed by atoms with Crippen LogP contribution in [-0.2, 0) is 12.8 Å². The van der Waals surface area contributed by atoms with Crippen LogP contribution < -0.4 is 0 Å². The van der Waals surface area contributed by atoms with Crippen LogP contribution in [0.1, 0.15) is 39.8 Å². The summed E-state index contributed by atoms with van der Waals surface area (Å²) in [6.45, 7) is 6.56. The molecule has 2 aromatic rings. The van der Waals surface area contributed by atoms with Gasteiger partial charge in [0.25, 0.3) is 0 Å². The van der Waals surface area contributed by atoms with Crippen molar-refractivity contribution in [1.29, 1.82) is 5.41 Å². The lowest BCUT2D eigenvalue weighted by atomic mass is 9.88. The van der Waals surface area contributed by atoms with Crippen LogP contribution in [0.25, 0.3) is 11.1 Å². The van der Waals surface area contributed by atoms with E-state index in [0.717, 1.165) is 12.0 Å². The Morgan fingerprint density at radius 1 is 0.950 bits per heavy atom. The first kappa shape index (κ1) is 13.1. The highest BCUT2D eigenvalue weighted by Crippen LogP contribution is 2.37. The molecule has 1 nitrogen and oxygen atoms in total. The van der Waals surface area contributed by atoms with Gasteiger partial charge in [-0.1, -0.05) is 17.7 Å². The maximum Gasteiger partial charge on any atom is 0.0250 e. The Balaban J connectivity index is 2.30. The fourth-order valence-corrected chi connectivity index (χ4v) is 3.64. The van der Waals surface area contributed by atoms with Gasteiger partial charge >= 0.3 is 0 Å². The van der Waals surface area contributed by atoms with Gasteiger partial charge in [-0.3, -0.25) is 0 Å². The molecule has 0 heterocycles. The summed E-state index contributed by atoms with van der Waals surface area (Å²) in [5.74, 6) is 0. The number of rotatable bonds is 2. The lowest BCUT2D eigenvalue weighted by Gasteiger charge is -2.16. The van der Waals surface area contributed by atoms with Crippen molar-refractivity contribution in [3.05, 3.63) is 57.6 Å². The van der Waals surface area contributed by atoms with E-state index in [-0.39, 0.29) is 0 Å². The van der Waals surface area contributed by atoms with Crippen LogP contribution in [0.5, 0.6) is 0 Å². The molecule has 0 unspecified atom stereocenters. The quantitative estimate of drug-likeness (QED) is 0.755. The monoisotopic (exact) mass is 263 g/mol. The molecule has 0 aromatic heterocycles. The lowest BCUT2D eigenvalue weighted by Crippen LogP contribution is -1.97. The minimum absolute atomic E-state index is 1.03. The van der Waals surface area contributed by atoms with E-state index >= 15 is 0 Å². The van der Waals surface area contributed by atoms with Gasteiger partial charge < -0.3 is 5.41 Å². The molecule has 1 aliphatic carbocycles. The van der Waals surface area contributed by atoms with Gasteiger partial charge in [-0.15, -0.1) is 0 Å².